The Hall–Kier alpha value is -2.80. The highest BCUT2D eigenvalue weighted by molar-refractivity contribution is 6.44. The fraction of sp³-hybridized carbons (Fsp3) is 0.0500. The number of nitrogens with zero attached hydrogens (tertiary/aromatic N) is 1. The first-order valence-corrected chi connectivity index (χ1v) is 9.48. The van der Waals surface area contributed by atoms with Crippen molar-refractivity contribution in [2.24, 2.45) is 0 Å². The molecule has 0 saturated heterocycles. The lowest BCUT2D eigenvalue weighted by molar-refractivity contribution is 0.0594. The fourth-order valence-electron chi connectivity index (χ4n) is 3.02. The predicted molar refractivity (Wildman–Crippen MR) is 114 cm³/mol. The summed E-state index contributed by atoms with van der Waals surface area (Å²) in [5.41, 5.74) is 1.57. The maximum Gasteiger partial charge on any atom is 0.356 e. The van der Waals surface area contributed by atoms with E-state index in [2.05, 4.69) is 15.3 Å². The zero-order valence-electron chi connectivity index (χ0n) is 14.8. The number of halogens is 3. The number of carbonyl (C=O) groups excluding carboxylic acids is 2. The van der Waals surface area contributed by atoms with Crippen LogP contribution in [0.15, 0.2) is 42.5 Å². The van der Waals surface area contributed by atoms with Gasteiger partial charge in [0.25, 0.3) is 5.91 Å². The molecule has 0 aliphatic rings. The highest BCUT2D eigenvalue weighted by atomic mass is 35.5. The topological polar surface area (TPSA) is 84.1 Å². The van der Waals surface area contributed by atoms with Gasteiger partial charge in [-0.05, 0) is 24.3 Å². The number of esters is 1. The van der Waals surface area contributed by atoms with Crippen LogP contribution in [-0.2, 0) is 4.74 Å². The minimum Gasteiger partial charge on any atom is -0.464 e. The van der Waals surface area contributed by atoms with E-state index >= 15 is 0 Å². The molecule has 0 atom stereocenters. The van der Waals surface area contributed by atoms with Gasteiger partial charge in [-0.3, -0.25) is 4.79 Å². The maximum atomic E-state index is 13.0. The van der Waals surface area contributed by atoms with Gasteiger partial charge >= 0.3 is 5.97 Å². The molecule has 0 unspecified atom stereocenters. The van der Waals surface area contributed by atoms with Crippen molar-refractivity contribution in [3.8, 4) is 0 Å². The van der Waals surface area contributed by atoms with E-state index in [1.165, 1.54) is 19.2 Å². The molecule has 4 aromatic rings. The van der Waals surface area contributed by atoms with Crippen molar-refractivity contribution in [3.63, 3.8) is 0 Å². The largest absolute Gasteiger partial charge is 0.464 e. The third kappa shape index (κ3) is 3.51. The van der Waals surface area contributed by atoms with Crippen molar-refractivity contribution in [2.75, 3.05) is 12.4 Å². The van der Waals surface area contributed by atoms with E-state index in [1.807, 2.05) is 24.3 Å². The van der Waals surface area contributed by atoms with E-state index in [1.54, 1.807) is 6.07 Å². The number of para-hydroxylation sites is 1. The first-order valence-electron chi connectivity index (χ1n) is 8.34. The van der Waals surface area contributed by atoms with E-state index in [9.17, 15) is 9.59 Å². The Bertz CT molecular complexity index is 1300. The molecule has 2 aromatic heterocycles. The van der Waals surface area contributed by atoms with Crippen LogP contribution < -0.4 is 5.32 Å². The molecule has 9 heteroatoms. The van der Waals surface area contributed by atoms with Crippen molar-refractivity contribution in [2.45, 2.75) is 0 Å². The van der Waals surface area contributed by atoms with Gasteiger partial charge in [0.1, 0.15) is 5.69 Å². The zero-order chi connectivity index (χ0) is 20.7. The van der Waals surface area contributed by atoms with Crippen molar-refractivity contribution < 1.29 is 14.3 Å². The van der Waals surface area contributed by atoms with Gasteiger partial charge in [-0.2, -0.15) is 0 Å². The Morgan fingerprint density at radius 2 is 1.72 bits per heavy atom. The second kappa shape index (κ2) is 7.55. The molecule has 2 heterocycles. The number of benzene rings is 2. The first kappa shape index (κ1) is 19.5. The molecule has 4 rings (SSSR count). The zero-order valence-corrected chi connectivity index (χ0v) is 17.1. The van der Waals surface area contributed by atoms with Crippen LogP contribution in [0.5, 0.6) is 0 Å². The first-order chi connectivity index (χ1) is 13.9. The minimum absolute atomic E-state index is 0.00939. The van der Waals surface area contributed by atoms with Crippen molar-refractivity contribution in [1.29, 1.82) is 0 Å². The molecule has 0 radical (unpaired) electrons. The quantitative estimate of drug-likeness (QED) is 0.310. The monoisotopic (exact) mass is 447 g/mol. The van der Waals surface area contributed by atoms with Crippen LogP contribution in [0.2, 0.25) is 15.1 Å². The molecule has 2 N–H and O–H groups in total. The normalized spacial score (nSPS) is 11.0. The number of pyridine rings is 1. The van der Waals surface area contributed by atoms with Crippen molar-refractivity contribution in [3.05, 3.63) is 68.9 Å². The number of methoxy groups -OCH3 is 1. The molecule has 0 bridgehead atoms. The molecule has 0 fully saturated rings. The van der Waals surface area contributed by atoms with Crippen LogP contribution in [0.3, 0.4) is 0 Å². The Labute approximate surface area is 179 Å². The SMILES string of the molecule is COC(=O)c1cc2c([nH]c3ccccc32)c(C(=O)Nc2cc(Cl)c(Cl)cc2Cl)n1. The van der Waals surface area contributed by atoms with Gasteiger partial charge in [0.2, 0.25) is 0 Å². The smallest absolute Gasteiger partial charge is 0.356 e. The molecule has 0 saturated carbocycles. The van der Waals surface area contributed by atoms with Crippen LogP contribution in [0.25, 0.3) is 21.8 Å². The molecule has 0 spiro atoms. The average Bonchev–Trinajstić information content (AvgIpc) is 3.09. The number of hydrogen-bond donors (Lipinski definition) is 2. The number of anilines is 1. The minimum atomic E-state index is -0.654. The molecule has 0 aliphatic heterocycles. The highest BCUT2D eigenvalue weighted by Crippen LogP contribution is 2.33. The lowest BCUT2D eigenvalue weighted by atomic mass is 10.1. The van der Waals surface area contributed by atoms with Gasteiger partial charge in [-0.25, -0.2) is 9.78 Å². The van der Waals surface area contributed by atoms with Crippen molar-refractivity contribution in [1.82, 2.24) is 9.97 Å². The van der Waals surface area contributed by atoms with Gasteiger partial charge in [-0.15, -0.1) is 0 Å². The third-order valence-electron chi connectivity index (χ3n) is 4.36. The Balaban J connectivity index is 1.88. The molecular formula is C20H12Cl3N3O3. The van der Waals surface area contributed by atoms with Crippen LogP contribution in [0.1, 0.15) is 21.0 Å². The summed E-state index contributed by atoms with van der Waals surface area (Å²) in [5.74, 6) is -1.23. The van der Waals surface area contributed by atoms with Gasteiger partial charge in [-0.1, -0.05) is 53.0 Å². The number of fused-ring (bicyclic) bond motifs is 3. The lowest BCUT2D eigenvalue weighted by Gasteiger charge is -2.10. The number of aromatic nitrogens is 2. The number of hydrogen-bond acceptors (Lipinski definition) is 4. The van der Waals surface area contributed by atoms with Gasteiger partial charge in [0.05, 0.1) is 33.4 Å². The lowest BCUT2D eigenvalue weighted by Crippen LogP contribution is -2.17. The molecule has 6 nitrogen and oxygen atoms in total. The third-order valence-corrected chi connectivity index (χ3v) is 5.40. The summed E-state index contributed by atoms with van der Waals surface area (Å²) in [6.07, 6.45) is 0. The summed E-state index contributed by atoms with van der Waals surface area (Å²) in [7, 11) is 1.25. The summed E-state index contributed by atoms with van der Waals surface area (Å²) in [5, 5.41) is 4.89. The molecule has 29 heavy (non-hydrogen) atoms. The van der Waals surface area contributed by atoms with E-state index in [4.69, 9.17) is 39.5 Å². The Morgan fingerprint density at radius 3 is 2.48 bits per heavy atom. The average molecular weight is 449 g/mol. The van der Waals surface area contributed by atoms with Crippen LogP contribution in [0.4, 0.5) is 5.69 Å². The summed E-state index contributed by atoms with van der Waals surface area (Å²) in [4.78, 5) is 32.5. The van der Waals surface area contributed by atoms with Gasteiger partial charge < -0.3 is 15.0 Å². The molecular weight excluding hydrogens is 437 g/mol. The van der Waals surface area contributed by atoms with Crippen LogP contribution >= 0.6 is 34.8 Å². The number of rotatable bonds is 3. The van der Waals surface area contributed by atoms with E-state index in [0.717, 1.165) is 10.9 Å². The number of nitrogens with one attached hydrogen (secondary N) is 2. The highest BCUT2D eigenvalue weighted by Gasteiger charge is 2.21. The number of ether oxygens (including phenoxy) is 1. The Morgan fingerprint density at radius 1 is 1.00 bits per heavy atom. The predicted octanol–water partition coefficient (Wildman–Crippen LogP) is 5.72. The second-order valence-corrected chi connectivity index (χ2v) is 7.36. The van der Waals surface area contributed by atoms with Crippen LogP contribution in [0, 0.1) is 0 Å². The number of H-pyrrole nitrogens is 1. The molecule has 2 aromatic carbocycles. The Kier molecular flexibility index (Phi) is 5.08. The molecule has 0 aliphatic carbocycles. The molecule has 146 valence electrons. The number of aromatic amines is 1. The van der Waals surface area contributed by atoms with E-state index in [-0.39, 0.29) is 32.1 Å². The molecule has 1 amide bonds. The number of carbonyl (C=O) groups is 2. The number of amides is 1. The summed E-state index contributed by atoms with van der Waals surface area (Å²) >= 11 is 18.1. The van der Waals surface area contributed by atoms with E-state index in [0.29, 0.717) is 10.9 Å². The summed E-state index contributed by atoms with van der Waals surface area (Å²) in [6, 6.07) is 11.9. The fourth-order valence-corrected chi connectivity index (χ4v) is 3.61. The van der Waals surface area contributed by atoms with Gasteiger partial charge in [0, 0.05) is 16.3 Å². The maximum absolute atomic E-state index is 13.0. The second-order valence-electron chi connectivity index (χ2n) is 6.14. The van der Waals surface area contributed by atoms with Gasteiger partial charge in [0.15, 0.2) is 5.69 Å². The van der Waals surface area contributed by atoms with Crippen LogP contribution in [-0.4, -0.2) is 29.0 Å². The summed E-state index contributed by atoms with van der Waals surface area (Å²) in [6.45, 7) is 0. The summed E-state index contributed by atoms with van der Waals surface area (Å²) < 4.78 is 4.78. The standard InChI is InChI=1S/C20H12Cl3N3O3/c1-29-20(28)16-6-10-9-4-2-3-5-14(9)24-17(10)18(25-16)19(27)26-15-8-12(22)11(21)7-13(15)23/h2-8,24H,1H3,(H,26,27). The van der Waals surface area contributed by atoms with Crippen molar-refractivity contribution >= 4 is 74.2 Å². The van der Waals surface area contributed by atoms with E-state index < -0.39 is 11.9 Å².